The van der Waals surface area contributed by atoms with Gasteiger partial charge in [0.1, 0.15) is 0 Å². The monoisotopic (exact) mass is 351 g/mol. The molecule has 0 atom stereocenters. The predicted molar refractivity (Wildman–Crippen MR) is 98.7 cm³/mol. The van der Waals surface area contributed by atoms with E-state index in [1.54, 1.807) is 39.7 Å². The smallest absolute Gasteiger partial charge is 0.220 e. The average Bonchev–Trinajstić information content (AvgIpc) is 2.87. The van der Waals surface area contributed by atoms with Crippen LogP contribution in [0.4, 0.5) is 0 Å². The van der Waals surface area contributed by atoms with Crippen molar-refractivity contribution in [2.75, 3.05) is 28.4 Å². The summed E-state index contributed by atoms with van der Waals surface area (Å²) in [5.74, 6) is 1.89. The summed E-state index contributed by atoms with van der Waals surface area (Å²) in [6.45, 7) is 0. The molecule has 1 aliphatic rings. The summed E-state index contributed by atoms with van der Waals surface area (Å²) in [7, 11) is 6.22. The molecule has 26 heavy (non-hydrogen) atoms. The van der Waals surface area contributed by atoms with Crippen molar-refractivity contribution in [1.29, 1.82) is 0 Å². The molecule has 1 heterocycles. The highest BCUT2D eigenvalue weighted by Crippen LogP contribution is 2.57. The maximum Gasteiger partial charge on any atom is 0.220 e. The first-order valence-electron chi connectivity index (χ1n) is 8.00. The molecule has 6 heteroatoms. The van der Waals surface area contributed by atoms with Crippen LogP contribution in [0.2, 0.25) is 0 Å². The Kier molecular flexibility index (Phi) is 3.68. The second-order valence-corrected chi connectivity index (χ2v) is 5.79. The van der Waals surface area contributed by atoms with Gasteiger partial charge in [0.15, 0.2) is 17.2 Å². The van der Waals surface area contributed by atoms with E-state index in [1.807, 2.05) is 6.07 Å². The third-order valence-corrected chi connectivity index (χ3v) is 4.65. The van der Waals surface area contributed by atoms with E-state index in [0.717, 1.165) is 33.2 Å². The largest absolute Gasteiger partial charge is 0.493 e. The standard InChI is InChI=1S/C20H17NO5/c1-23-14-9-12-10(5-6-13(14)22)16-15-11(7-8-21-17(12)15)18(24-2)20(26-4)19(16)25-3/h5-9H,1-4H3. The van der Waals surface area contributed by atoms with Crippen molar-refractivity contribution in [3.05, 3.63) is 40.7 Å². The van der Waals surface area contributed by atoms with Crippen LogP contribution in [0, 0.1) is 0 Å². The first-order chi connectivity index (χ1) is 12.7. The Morgan fingerprint density at radius 1 is 0.808 bits per heavy atom. The highest BCUT2D eigenvalue weighted by atomic mass is 16.5. The van der Waals surface area contributed by atoms with Crippen molar-refractivity contribution in [2.45, 2.75) is 0 Å². The van der Waals surface area contributed by atoms with Crippen molar-refractivity contribution in [3.63, 3.8) is 0 Å². The third-order valence-electron chi connectivity index (χ3n) is 4.65. The molecule has 0 spiro atoms. The topological polar surface area (TPSA) is 66.9 Å². The second-order valence-electron chi connectivity index (χ2n) is 5.79. The molecule has 6 nitrogen and oxygen atoms in total. The number of ether oxygens (including phenoxy) is 4. The highest BCUT2D eigenvalue weighted by molar-refractivity contribution is 6.18. The van der Waals surface area contributed by atoms with E-state index in [9.17, 15) is 4.79 Å². The summed E-state index contributed by atoms with van der Waals surface area (Å²) in [6, 6.07) is 6.86. The van der Waals surface area contributed by atoms with E-state index in [-0.39, 0.29) is 11.2 Å². The number of nitrogens with zero attached hydrogens (tertiary/aromatic N) is 1. The van der Waals surface area contributed by atoms with Gasteiger partial charge in [0.25, 0.3) is 0 Å². The zero-order valence-corrected chi connectivity index (χ0v) is 14.9. The fraction of sp³-hybridized carbons (Fsp3) is 0.200. The fourth-order valence-corrected chi connectivity index (χ4v) is 3.58. The van der Waals surface area contributed by atoms with E-state index in [1.165, 1.54) is 13.2 Å². The van der Waals surface area contributed by atoms with Gasteiger partial charge in [-0.25, -0.2) is 0 Å². The Bertz CT molecular complexity index is 1110. The number of methoxy groups -OCH3 is 4. The van der Waals surface area contributed by atoms with Gasteiger partial charge in [-0.3, -0.25) is 9.78 Å². The molecule has 0 aliphatic heterocycles. The van der Waals surface area contributed by atoms with Crippen LogP contribution in [-0.4, -0.2) is 33.4 Å². The number of hydrogen-bond acceptors (Lipinski definition) is 6. The summed E-state index contributed by atoms with van der Waals surface area (Å²) in [5, 5.41) is 1.77. The molecule has 0 saturated heterocycles. The van der Waals surface area contributed by atoms with Crippen molar-refractivity contribution in [2.24, 2.45) is 0 Å². The van der Waals surface area contributed by atoms with Crippen molar-refractivity contribution < 1.29 is 18.9 Å². The van der Waals surface area contributed by atoms with Gasteiger partial charge < -0.3 is 18.9 Å². The molecule has 1 aliphatic carbocycles. The lowest BCUT2D eigenvalue weighted by molar-refractivity contribution is 0.328. The van der Waals surface area contributed by atoms with Crippen molar-refractivity contribution in [1.82, 2.24) is 4.98 Å². The Morgan fingerprint density at radius 2 is 1.54 bits per heavy atom. The minimum absolute atomic E-state index is 0.199. The first-order valence-corrected chi connectivity index (χ1v) is 8.00. The Labute approximate surface area is 149 Å². The van der Waals surface area contributed by atoms with E-state index < -0.39 is 0 Å². The fourth-order valence-electron chi connectivity index (χ4n) is 3.58. The molecule has 3 aromatic rings. The SMILES string of the molecule is COc1c(OC)c2c3c(nccc3c1OC)-c1cc(OC)c(=O)ccc1-2. The lowest BCUT2D eigenvalue weighted by atomic mass is 10.0. The van der Waals surface area contributed by atoms with Crippen LogP contribution in [-0.2, 0) is 0 Å². The first kappa shape index (κ1) is 16.2. The van der Waals surface area contributed by atoms with Crippen LogP contribution in [0.3, 0.4) is 0 Å². The van der Waals surface area contributed by atoms with Gasteiger partial charge in [0, 0.05) is 28.1 Å². The summed E-state index contributed by atoms with van der Waals surface area (Å²) < 4.78 is 22.1. The van der Waals surface area contributed by atoms with Gasteiger partial charge in [-0.15, -0.1) is 0 Å². The molecule has 1 aromatic heterocycles. The molecule has 0 unspecified atom stereocenters. The van der Waals surface area contributed by atoms with Gasteiger partial charge in [-0.05, 0) is 29.8 Å². The molecule has 0 bridgehead atoms. The molecule has 132 valence electrons. The number of hydrogen-bond donors (Lipinski definition) is 0. The number of rotatable bonds is 4. The van der Waals surface area contributed by atoms with Crippen LogP contribution in [0.5, 0.6) is 23.0 Å². The van der Waals surface area contributed by atoms with Crippen LogP contribution >= 0.6 is 0 Å². The quantitative estimate of drug-likeness (QED) is 0.562. The number of aromatic nitrogens is 1. The van der Waals surface area contributed by atoms with E-state index in [4.69, 9.17) is 18.9 Å². The molecule has 0 saturated carbocycles. The minimum atomic E-state index is -0.199. The molecular weight excluding hydrogens is 334 g/mol. The normalized spacial score (nSPS) is 11.2. The van der Waals surface area contributed by atoms with Gasteiger partial charge in [-0.2, -0.15) is 0 Å². The van der Waals surface area contributed by atoms with Crippen LogP contribution < -0.4 is 24.4 Å². The van der Waals surface area contributed by atoms with E-state index in [2.05, 4.69) is 4.98 Å². The molecule has 0 fully saturated rings. The van der Waals surface area contributed by atoms with Crippen molar-refractivity contribution >= 4 is 10.8 Å². The molecule has 0 radical (unpaired) electrons. The summed E-state index contributed by atoms with van der Waals surface area (Å²) in [4.78, 5) is 16.8. The number of fused-ring (bicyclic) bond motifs is 3. The minimum Gasteiger partial charge on any atom is -0.493 e. The molecule has 0 amide bonds. The molecule has 4 rings (SSSR count). The molecule has 2 aromatic carbocycles. The maximum atomic E-state index is 12.2. The highest BCUT2D eigenvalue weighted by Gasteiger charge is 2.31. The number of pyridine rings is 1. The van der Waals surface area contributed by atoms with E-state index >= 15 is 0 Å². The molecular formula is C20H17NO5. The van der Waals surface area contributed by atoms with Crippen LogP contribution in [0.15, 0.2) is 35.3 Å². The summed E-state index contributed by atoms with van der Waals surface area (Å²) in [5.41, 5.74) is 3.02. The lowest BCUT2D eigenvalue weighted by Gasteiger charge is -2.17. The van der Waals surface area contributed by atoms with Crippen LogP contribution in [0.25, 0.3) is 33.2 Å². The molecule has 0 N–H and O–H groups in total. The second kappa shape index (κ2) is 5.91. The van der Waals surface area contributed by atoms with Crippen molar-refractivity contribution in [3.8, 4) is 45.4 Å². The van der Waals surface area contributed by atoms with Gasteiger partial charge in [-0.1, -0.05) is 0 Å². The van der Waals surface area contributed by atoms with Gasteiger partial charge >= 0.3 is 0 Å². The Morgan fingerprint density at radius 3 is 2.19 bits per heavy atom. The lowest BCUT2D eigenvalue weighted by Crippen LogP contribution is -2.00. The zero-order chi connectivity index (χ0) is 18.4. The third kappa shape index (κ3) is 1.98. The Balaban J connectivity index is 2.25. The average molecular weight is 351 g/mol. The summed E-state index contributed by atoms with van der Waals surface area (Å²) in [6.07, 6.45) is 1.71. The summed E-state index contributed by atoms with van der Waals surface area (Å²) >= 11 is 0. The van der Waals surface area contributed by atoms with Crippen LogP contribution in [0.1, 0.15) is 0 Å². The van der Waals surface area contributed by atoms with Gasteiger partial charge in [0.05, 0.1) is 34.1 Å². The zero-order valence-electron chi connectivity index (χ0n) is 14.9. The van der Waals surface area contributed by atoms with Gasteiger partial charge in [0.2, 0.25) is 11.2 Å². The predicted octanol–water partition coefficient (Wildman–Crippen LogP) is 3.28. The van der Waals surface area contributed by atoms with E-state index in [0.29, 0.717) is 17.2 Å². The number of benzene rings is 1. The Hall–Kier alpha value is -3.28. The maximum absolute atomic E-state index is 12.2.